The molecule has 0 saturated heterocycles. The molecule has 124 valence electrons. The van der Waals surface area contributed by atoms with Crippen molar-refractivity contribution in [3.05, 3.63) is 17.5 Å². The number of aliphatic hydroxyl groups is 1. The Morgan fingerprint density at radius 3 is 2.55 bits per heavy atom. The van der Waals surface area contributed by atoms with Gasteiger partial charge in [0.15, 0.2) is 0 Å². The van der Waals surface area contributed by atoms with Crippen molar-refractivity contribution in [1.82, 2.24) is 15.1 Å². The van der Waals surface area contributed by atoms with Crippen LogP contribution in [-0.4, -0.2) is 33.9 Å². The molecule has 22 heavy (non-hydrogen) atoms. The largest absolute Gasteiger partial charge is 0.396 e. The third-order valence-corrected chi connectivity index (χ3v) is 4.99. The fourth-order valence-corrected chi connectivity index (χ4v) is 2.86. The van der Waals surface area contributed by atoms with E-state index >= 15 is 0 Å². The second kappa shape index (κ2) is 6.82. The van der Waals surface area contributed by atoms with Crippen LogP contribution in [0, 0.1) is 5.41 Å². The number of nitrogens with zero attached hydrogens (tertiary/aromatic N) is 2. The highest BCUT2D eigenvalue weighted by Crippen LogP contribution is 2.42. The molecule has 5 heteroatoms. The Morgan fingerprint density at radius 1 is 1.45 bits per heavy atom. The molecule has 0 unspecified atom stereocenters. The third kappa shape index (κ3) is 3.35. The van der Waals surface area contributed by atoms with E-state index in [0.717, 1.165) is 31.4 Å². The Labute approximate surface area is 133 Å². The van der Waals surface area contributed by atoms with Crippen molar-refractivity contribution in [1.29, 1.82) is 0 Å². The van der Waals surface area contributed by atoms with Gasteiger partial charge in [0, 0.05) is 23.9 Å². The lowest BCUT2D eigenvalue weighted by molar-refractivity contribution is 0.0850. The summed E-state index contributed by atoms with van der Waals surface area (Å²) in [5.74, 6) is 0.416. The van der Waals surface area contributed by atoms with Crippen molar-refractivity contribution in [2.45, 2.75) is 65.3 Å². The highest BCUT2D eigenvalue weighted by Gasteiger charge is 2.33. The lowest BCUT2D eigenvalue weighted by Crippen LogP contribution is -2.39. The van der Waals surface area contributed by atoms with E-state index in [1.54, 1.807) is 6.20 Å². The zero-order valence-electron chi connectivity index (χ0n) is 14.2. The van der Waals surface area contributed by atoms with Crippen LogP contribution < -0.4 is 5.32 Å². The van der Waals surface area contributed by atoms with Crippen LogP contribution in [0.15, 0.2) is 6.20 Å². The van der Waals surface area contributed by atoms with Crippen molar-refractivity contribution < 1.29 is 9.90 Å². The molecule has 0 radical (unpaired) electrons. The second-order valence-electron chi connectivity index (χ2n) is 6.80. The number of carbonyl (C=O) groups excluding carboxylic acids is 1. The SMILES string of the molecule is CCC(CC)(CO)CNC(=O)c1cnn(C(C)C)c1C1CC1. The van der Waals surface area contributed by atoms with Crippen LogP contribution >= 0.6 is 0 Å². The summed E-state index contributed by atoms with van der Waals surface area (Å²) >= 11 is 0. The molecule has 1 saturated carbocycles. The van der Waals surface area contributed by atoms with Crippen LogP contribution in [0.1, 0.15) is 81.4 Å². The number of amides is 1. The summed E-state index contributed by atoms with van der Waals surface area (Å²) in [6, 6.07) is 0.264. The number of carbonyl (C=O) groups is 1. The number of hydrogen-bond acceptors (Lipinski definition) is 3. The molecule has 0 atom stereocenters. The van der Waals surface area contributed by atoms with Crippen molar-refractivity contribution in [2.24, 2.45) is 5.41 Å². The average Bonchev–Trinajstić information content (AvgIpc) is 3.26. The number of aliphatic hydroxyl groups excluding tert-OH is 1. The zero-order valence-corrected chi connectivity index (χ0v) is 14.2. The summed E-state index contributed by atoms with van der Waals surface area (Å²) in [7, 11) is 0. The predicted octanol–water partition coefficient (Wildman–Crippen LogP) is 2.87. The van der Waals surface area contributed by atoms with Gasteiger partial charge in [0.1, 0.15) is 0 Å². The molecule has 1 aliphatic rings. The molecular formula is C17H29N3O2. The number of rotatable bonds is 8. The minimum atomic E-state index is -0.219. The normalized spacial score (nSPS) is 15.4. The van der Waals surface area contributed by atoms with Gasteiger partial charge in [-0.15, -0.1) is 0 Å². The standard InChI is InChI=1S/C17H29N3O2/c1-5-17(6-2,11-21)10-18-16(22)14-9-19-20(12(3)4)15(14)13-7-8-13/h9,12-13,21H,5-8,10-11H2,1-4H3,(H,18,22). The van der Waals surface area contributed by atoms with E-state index in [4.69, 9.17) is 0 Å². The first kappa shape index (κ1) is 17.0. The van der Waals surface area contributed by atoms with Crippen molar-refractivity contribution in [2.75, 3.05) is 13.2 Å². The van der Waals surface area contributed by atoms with Crippen LogP contribution in [0.3, 0.4) is 0 Å². The Kier molecular flexibility index (Phi) is 5.27. The fourth-order valence-electron chi connectivity index (χ4n) is 2.86. The molecule has 1 heterocycles. The molecule has 1 aromatic rings. The maximum atomic E-state index is 12.6. The van der Waals surface area contributed by atoms with Gasteiger partial charge in [0.05, 0.1) is 24.1 Å². The first-order chi connectivity index (χ1) is 10.5. The molecule has 0 spiro atoms. The minimum Gasteiger partial charge on any atom is -0.396 e. The molecule has 5 nitrogen and oxygen atoms in total. The summed E-state index contributed by atoms with van der Waals surface area (Å²) in [4.78, 5) is 12.6. The Morgan fingerprint density at radius 2 is 2.09 bits per heavy atom. The molecule has 1 aliphatic carbocycles. The van der Waals surface area contributed by atoms with Gasteiger partial charge in [-0.25, -0.2) is 0 Å². The number of aromatic nitrogens is 2. The molecule has 2 N–H and O–H groups in total. The van der Waals surface area contributed by atoms with E-state index in [1.165, 1.54) is 0 Å². The van der Waals surface area contributed by atoms with Gasteiger partial charge in [0.2, 0.25) is 0 Å². The Bertz CT molecular complexity index is 506. The lowest BCUT2D eigenvalue weighted by atomic mass is 9.83. The van der Waals surface area contributed by atoms with Gasteiger partial charge < -0.3 is 10.4 Å². The third-order valence-electron chi connectivity index (χ3n) is 4.99. The summed E-state index contributed by atoms with van der Waals surface area (Å²) in [6.07, 6.45) is 5.68. The molecule has 1 amide bonds. The van der Waals surface area contributed by atoms with E-state index in [0.29, 0.717) is 18.0 Å². The average molecular weight is 307 g/mol. The Balaban J connectivity index is 2.13. The maximum absolute atomic E-state index is 12.6. The molecule has 1 fully saturated rings. The van der Waals surface area contributed by atoms with Gasteiger partial charge in [-0.1, -0.05) is 13.8 Å². The summed E-state index contributed by atoms with van der Waals surface area (Å²) in [5, 5.41) is 17.0. The van der Waals surface area contributed by atoms with Crippen LogP contribution in [0.4, 0.5) is 0 Å². The van der Waals surface area contributed by atoms with Crippen LogP contribution in [0.2, 0.25) is 0 Å². The van der Waals surface area contributed by atoms with Crippen molar-refractivity contribution in [3.8, 4) is 0 Å². The molecule has 0 aromatic carbocycles. The summed E-state index contributed by atoms with van der Waals surface area (Å²) in [5.41, 5.74) is 1.56. The zero-order chi connectivity index (χ0) is 16.3. The van der Waals surface area contributed by atoms with Crippen LogP contribution in [0.5, 0.6) is 0 Å². The second-order valence-corrected chi connectivity index (χ2v) is 6.80. The van der Waals surface area contributed by atoms with E-state index in [2.05, 4.69) is 38.1 Å². The van der Waals surface area contributed by atoms with Crippen LogP contribution in [-0.2, 0) is 0 Å². The van der Waals surface area contributed by atoms with E-state index < -0.39 is 0 Å². The van der Waals surface area contributed by atoms with E-state index in [1.807, 2.05) is 4.68 Å². The quantitative estimate of drug-likeness (QED) is 0.776. The maximum Gasteiger partial charge on any atom is 0.254 e. The minimum absolute atomic E-state index is 0.0616. The Hall–Kier alpha value is -1.36. The van der Waals surface area contributed by atoms with E-state index in [-0.39, 0.29) is 24.0 Å². The number of hydrogen-bond donors (Lipinski definition) is 2. The van der Waals surface area contributed by atoms with Crippen LogP contribution in [0.25, 0.3) is 0 Å². The van der Waals surface area contributed by atoms with Gasteiger partial charge in [0.25, 0.3) is 5.91 Å². The lowest BCUT2D eigenvalue weighted by Gasteiger charge is -2.29. The smallest absolute Gasteiger partial charge is 0.254 e. The van der Waals surface area contributed by atoms with Crippen molar-refractivity contribution in [3.63, 3.8) is 0 Å². The topological polar surface area (TPSA) is 67.2 Å². The summed E-state index contributed by atoms with van der Waals surface area (Å²) < 4.78 is 1.98. The van der Waals surface area contributed by atoms with Crippen molar-refractivity contribution >= 4 is 5.91 Å². The van der Waals surface area contributed by atoms with Gasteiger partial charge in [-0.05, 0) is 39.5 Å². The van der Waals surface area contributed by atoms with Gasteiger partial charge >= 0.3 is 0 Å². The summed E-state index contributed by atoms with van der Waals surface area (Å²) in [6.45, 7) is 8.89. The monoisotopic (exact) mass is 307 g/mol. The first-order valence-corrected chi connectivity index (χ1v) is 8.44. The molecule has 1 aromatic heterocycles. The fraction of sp³-hybridized carbons (Fsp3) is 0.765. The highest BCUT2D eigenvalue weighted by atomic mass is 16.3. The number of nitrogens with one attached hydrogen (secondary N) is 1. The van der Waals surface area contributed by atoms with Gasteiger partial charge in [-0.2, -0.15) is 5.10 Å². The highest BCUT2D eigenvalue weighted by molar-refractivity contribution is 5.95. The predicted molar refractivity (Wildman–Crippen MR) is 87.0 cm³/mol. The van der Waals surface area contributed by atoms with E-state index in [9.17, 15) is 9.90 Å². The molecular weight excluding hydrogens is 278 g/mol. The van der Waals surface area contributed by atoms with Gasteiger partial charge in [-0.3, -0.25) is 9.48 Å². The molecule has 2 rings (SSSR count). The molecule has 0 aliphatic heterocycles. The first-order valence-electron chi connectivity index (χ1n) is 8.44. The molecule has 0 bridgehead atoms.